The highest BCUT2D eigenvalue weighted by atomic mass is 16.8. The molecule has 0 amide bonds. The average molecular weight is 324 g/mol. The molecule has 0 radical (unpaired) electrons. The quantitative estimate of drug-likeness (QED) is 0.749. The van der Waals surface area contributed by atoms with Crippen molar-refractivity contribution in [3.05, 3.63) is 45.8 Å². The number of aliphatic hydroxyl groups is 1. The molecule has 3 rings (SSSR count). The first-order valence-corrected chi connectivity index (χ1v) is 7.44. The van der Waals surface area contributed by atoms with E-state index >= 15 is 0 Å². The summed E-state index contributed by atoms with van der Waals surface area (Å²) in [5.41, 5.74) is -1.10. The van der Waals surface area contributed by atoms with Crippen LogP contribution < -0.4 is 11.2 Å². The standard InChI is InChI=1S/C15H20N2O6/c1-4-5-8(18)10-11-12(23-15(2,3)22-11)13(21-10)17-7-6-9(19)16-14(17)20/h4,6-8,10-13,18H,1,5H2,2-3H3,(H,16,19,20)/t8-,10-,11-,12-,13-/m1/s1. The van der Waals surface area contributed by atoms with Gasteiger partial charge < -0.3 is 19.3 Å². The molecular weight excluding hydrogens is 304 g/mol. The Labute approximate surface area is 132 Å². The number of aromatic amines is 1. The second-order valence-corrected chi connectivity index (χ2v) is 6.17. The summed E-state index contributed by atoms with van der Waals surface area (Å²) in [6.07, 6.45) is -0.129. The van der Waals surface area contributed by atoms with Crippen LogP contribution in [0.4, 0.5) is 0 Å². The normalized spacial score (nSPS) is 33.3. The Morgan fingerprint density at radius 1 is 1.43 bits per heavy atom. The van der Waals surface area contributed by atoms with Crippen molar-refractivity contribution >= 4 is 0 Å². The van der Waals surface area contributed by atoms with E-state index in [0.29, 0.717) is 6.42 Å². The van der Waals surface area contributed by atoms with Gasteiger partial charge in [0.1, 0.15) is 18.3 Å². The molecule has 0 saturated carbocycles. The Kier molecular flexibility index (Phi) is 4.01. The molecule has 3 heterocycles. The topological polar surface area (TPSA) is 103 Å². The molecule has 0 spiro atoms. The Morgan fingerprint density at radius 2 is 2.13 bits per heavy atom. The van der Waals surface area contributed by atoms with Crippen LogP contribution >= 0.6 is 0 Å². The van der Waals surface area contributed by atoms with E-state index < -0.39 is 47.7 Å². The zero-order valence-electron chi connectivity index (χ0n) is 13.0. The Hall–Kier alpha value is -1.74. The Balaban J connectivity index is 1.96. The lowest BCUT2D eigenvalue weighted by atomic mass is 10.0. The highest BCUT2D eigenvalue weighted by Crippen LogP contribution is 2.43. The summed E-state index contributed by atoms with van der Waals surface area (Å²) >= 11 is 0. The van der Waals surface area contributed by atoms with Crippen LogP contribution in [0.1, 0.15) is 26.5 Å². The van der Waals surface area contributed by atoms with Crippen molar-refractivity contribution in [2.45, 2.75) is 56.7 Å². The molecule has 0 unspecified atom stereocenters. The predicted molar refractivity (Wildman–Crippen MR) is 79.9 cm³/mol. The molecule has 126 valence electrons. The lowest BCUT2D eigenvalue weighted by molar-refractivity contribution is -0.207. The summed E-state index contributed by atoms with van der Waals surface area (Å²) in [6, 6.07) is 1.23. The van der Waals surface area contributed by atoms with Crippen LogP contribution in [0, 0.1) is 0 Å². The zero-order valence-corrected chi connectivity index (χ0v) is 13.0. The molecule has 2 aliphatic rings. The minimum Gasteiger partial charge on any atom is -0.390 e. The number of hydrogen-bond donors (Lipinski definition) is 2. The molecular formula is C15H20N2O6. The van der Waals surface area contributed by atoms with Gasteiger partial charge in [0.05, 0.1) is 6.10 Å². The van der Waals surface area contributed by atoms with Gasteiger partial charge >= 0.3 is 5.69 Å². The summed E-state index contributed by atoms with van der Waals surface area (Å²) in [6.45, 7) is 7.12. The van der Waals surface area contributed by atoms with Gasteiger partial charge in [-0.2, -0.15) is 0 Å². The maximum atomic E-state index is 12.0. The van der Waals surface area contributed by atoms with E-state index in [1.165, 1.54) is 16.8 Å². The van der Waals surface area contributed by atoms with Gasteiger partial charge in [0.25, 0.3) is 5.56 Å². The summed E-state index contributed by atoms with van der Waals surface area (Å²) < 4.78 is 18.8. The van der Waals surface area contributed by atoms with Gasteiger partial charge in [-0.05, 0) is 20.3 Å². The summed E-state index contributed by atoms with van der Waals surface area (Å²) in [5, 5.41) is 10.3. The zero-order chi connectivity index (χ0) is 16.8. The summed E-state index contributed by atoms with van der Waals surface area (Å²) in [5.74, 6) is -0.852. The van der Waals surface area contributed by atoms with Crippen molar-refractivity contribution in [1.29, 1.82) is 0 Å². The third-order valence-corrected chi connectivity index (χ3v) is 3.98. The van der Waals surface area contributed by atoms with Gasteiger partial charge in [-0.1, -0.05) is 6.08 Å². The first kappa shape index (κ1) is 16.1. The van der Waals surface area contributed by atoms with E-state index in [1.807, 2.05) is 0 Å². The minimum atomic E-state index is -0.852. The van der Waals surface area contributed by atoms with Crippen molar-refractivity contribution in [3.8, 4) is 0 Å². The van der Waals surface area contributed by atoms with E-state index in [-0.39, 0.29) is 0 Å². The fraction of sp³-hybridized carbons (Fsp3) is 0.600. The number of fused-ring (bicyclic) bond motifs is 1. The van der Waals surface area contributed by atoms with Crippen molar-refractivity contribution in [2.75, 3.05) is 0 Å². The fourth-order valence-corrected chi connectivity index (χ4v) is 3.07. The summed E-state index contributed by atoms with van der Waals surface area (Å²) in [7, 11) is 0. The van der Waals surface area contributed by atoms with Crippen LogP contribution in [-0.4, -0.2) is 44.9 Å². The number of ether oxygens (including phenoxy) is 3. The van der Waals surface area contributed by atoms with Crippen molar-refractivity contribution in [3.63, 3.8) is 0 Å². The van der Waals surface area contributed by atoms with Crippen molar-refractivity contribution < 1.29 is 19.3 Å². The van der Waals surface area contributed by atoms with E-state index in [2.05, 4.69) is 11.6 Å². The van der Waals surface area contributed by atoms with Crippen LogP contribution in [0.25, 0.3) is 0 Å². The number of nitrogens with one attached hydrogen (secondary N) is 1. The number of nitrogens with zero attached hydrogens (tertiary/aromatic N) is 1. The first-order valence-electron chi connectivity index (χ1n) is 7.44. The molecule has 2 N–H and O–H groups in total. The molecule has 8 heteroatoms. The number of aromatic nitrogens is 2. The van der Waals surface area contributed by atoms with Gasteiger partial charge in [-0.15, -0.1) is 6.58 Å². The van der Waals surface area contributed by atoms with Crippen LogP contribution in [0.15, 0.2) is 34.5 Å². The van der Waals surface area contributed by atoms with Gasteiger partial charge in [-0.3, -0.25) is 14.3 Å². The molecule has 23 heavy (non-hydrogen) atoms. The third-order valence-electron chi connectivity index (χ3n) is 3.98. The van der Waals surface area contributed by atoms with Crippen LogP contribution in [0.5, 0.6) is 0 Å². The molecule has 1 aromatic rings. The van der Waals surface area contributed by atoms with Gasteiger partial charge in [0, 0.05) is 12.3 Å². The van der Waals surface area contributed by atoms with E-state index in [1.54, 1.807) is 19.9 Å². The Bertz CT molecular complexity index is 708. The van der Waals surface area contributed by atoms with Crippen molar-refractivity contribution in [2.24, 2.45) is 0 Å². The Morgan fingerprint density at radius 3 is 2.78 bits per heavy atom. The maximum absolute atomic E-state index is 12.0. The molecule has 2 fully saturated rings. The predicted octanol–water partition coefficient (Wildman–Crippen LogP) is -0.109. The van der Waals surface area contributed by atoms with Gasteiger partial charge in [-0.25, -0.2) is 4.79 Å². The highest BCUT2D eigenvalue weighted by Gasteiger charge is 2.57. The molecule has 8 nitrogen and oxygen atoms in total. The lowest BCUT2D eigenvalue weighted by Crippen LogP contribution is -2.38. The highest BCUT2D eigenvalue weighted by molar-refractivity contribution is 5.01. The second kappa shape index (κ2) is 5.72. The summed E-state index contributed by atoms with van der Waals surface area (Å²) in [4.78, 5) is 25.4. The average Bonchev–Trinajstić information content (AvgIpc) is 2.93. The fourth-order valence-electron chi connectivity index (χ4n) is 3.07. The maximum Gasteiger partial charge on any atom is 0.330 e. The van der Waals surface area contributed by atoms with Crippen molar-refractivity contribution in [1.82, 2.24) is 9.55 Å². The first-order chi connectivity index (χ1) is 10.8. The largest absolute Gasteiger partial charge is 0.390 e. The third kappa shape index (κ3) is 2.90. The number of H-pyrrole nitrogens is 1. The number of hydrogen-bond acceptors (Lipinski definition) is 6. The smallest absolute Gasteiger partial charge is 0.330 e. The SMILES string of the molecule is C=CC[C@@H](O)[C@H]1O[C@@H](n2ccc(=O)[nH]c2=O)[C@@H]2OC(C)(C)O[C@@H]21. The number of rotatable bonds is 4. The van der Waals surface area contributed by atoms with E-state index in [4.69, 9.17) is 14.2 Å². The molecule has 0 aliphatic carbocycles. The van der Waals surface area contributed by atoms with Gasteiger partial charge in [0.15, 0.2) is 12.0 Å². The van der Waals surface area contributed by atoms with Crippen LogP contribution in [-0.2, 0) is 14.2 Å². The van der Waals surface area contributed by atoms with E-state index in [9.17, 15) is 14.7 Å². The molecule has 2 saturated heterocycles. The second-order valence-electron chi connectivity index (χ2n) is 6.17. The monoisotopic (exact) mass is 324 g/mol. The van der Waals surface area contributed by atoms with E-state index in [0.717, 1.165) is 0 Å². The van der Waals surface area contributed by atoms with Gasteiger partial charge in [0.2, 0.25) is 0 Å². The number of aliphatic hydroxyl groups excluding tert-OH is 1. The molecule has 2 aliphatic heterocycles. The molecule has 1 aromatic heterocycles. The molecule has 0 aromatic carbocycles. The minimum absolute atomic E-state index is 0.324. The molecule has 0 bridgehead atoms. The van der Waals surface area contributed by atoms with Crippen LogP contribution in [0.3, 0.4) is 0 Å². The lowest BCUT2D eigenvalue weighted by Gasteiger charge is -2.26. The van der Waals surface area contributed by atoms with Crippen LogP contribution in [0.2, 0.25) is 0 Å². The molecule has 5 atom stereocenters.